The summed E-state index contributed by atoms with van der Waals surface area (Å²) in [5.74, 6) is -1.56. The van der Waals surface area contributed by atoms with E-state index in [9.17, 15) is 8.78 Å². The quantitative estimate of drug-likeness (QED) is 0.866. The summed E-state index contributed by atoms with van der Waals surface area (Å²) in [6.07, 6.45) is 1.81. The van der Waals surface area contributed by atoms with Crippen molar-refractivity contribution in [3.05, 3.63) is 65.5 Å². The summed E-state index contributed by atoms with van der Waals surface area (Å²) in [4.78, 5) is 8.98. The third kappa shape index (κ3) is 3.87. The van der Waals surface area contributed by atoms with Gasteiger partial charge in [-0.25, -0.2) is 8.78 Å². The molecule has 0 aliphatic carbocycles. The standard InChI is InChI=1S/C17H19F2N3/c18-16-5-4-14(11-17(16)19)12-21-7-9-22(10-8-21)13-15-3-1-2-6-20-15/h1-6,11H,7-10,12-13H2. The van der Waals surface area contributed by atoms with Crippen LogP contribution in [0.25, 0.3) is 0 Å². The van der Waals surface area contributed by atoms with Crippen LogP contribution in [0.2, 0.25) is 0 Å². The van der Waals surface area contributed by atoms with E-state index in [1.165, 1.54) is 12.1 Å². The number of hydrogen-bond acceptors (Lipinski definition) is 3. The number of piperazine rings is 1. The molecule has 2 aromatic rings. The minimum atomic E-state index is -0.788. The van der Waals surface area contributed by atoms with Crippen LogP contribution in [0, 0.1) is 11.6 Å². The highest BCUT2D eigenvalue weighted by molar-refractivity contribution is 5.17. The highest BCUT2D eigenvalue weighted by Crippen LogP contribution is 2.13. The first-order valence-electron chi connectivity index (χ1n) is 7.49. The van der Waals surface area contributed by atoms with Crippen LogP contribution in [-0.4, -0.2) is 41.0 Å². The van der Waals surface area contributed by atoms with Crippen LogP contribution in [0.15, 0.2) is 42.6 Å². The van der Waals surface area contributed by atoms with Gasteiger partial charge in [0.15, 0.2) is 11.6 Å². The van der Waals surface area contributed by atoms with Crippen molar-refractivity contribution in [2.75, 3.05) is 26.2 Å². The summed E-state index contributed by atoms with van der Waals surface area (Å²) in [6.45, 7) is 5.28. The molecule has 0 unspecified atom stereocenters. The maximum Gasteiger partial charge on any atom is 0.159 e. The molecule has 3 nitrogen and oxygen atoms in total. The Morgan fingerprint density at radius 3 is 2.23 bits per heavy atom. The van der Waals surface area contributed by atoms with Gasteiger partial charge in [0, 0.05) is 45.5 Å². The molecule has 0 N–H and O–H groups in total. The minimum Gasteiger partial charge on any atom is -0.297 e. The lowest BCUT2D eigenvalue weighted by Gasteiger charge is -2.34. The van der Waals surface area contributed by atoms with E-state index in [4.69, 9.17) is 0 Å². The number of rotatable bonds is 4. The van der Waals surface area contributed by atoms with Crippen LogP contribution < -0.4 is 0 Å². The molecule has 3 rings (SSSR count). The summed E-state index contributed by atoms with van der Waals surface area (Å²) in [5, 5.41) is 0. The molecule has 0 saturated carbocycles. The van der Waals surface area contributed by atoms with Crippen LogP contribution in [0.4, 0.5) is 8.78 Å². The molecule has 0 spiro atoms. The van der Waals surface area contributed by atoms with E-state index in [2.05, 4.69) is 14.8 Å². The SMILES string of the molecule is Fc1ccc(CN2CCN(Cc3ccccn3)CC2)cc1F. The van der Waals surface area contributed by atoms with Crippen LogP contribution in [-0.2, 0) is 13.1 Å². The molecule has 0 bridgehead atoms. The zero-order valence-corrected chi connectivity index (χ0v) is 12.4. The normalized spacial score (nSPS) is 16.8. The topological polar surface area (TPSA) is 19.4 Å². The van der Waals surface area contributed by atoms with E-state index in [0.717, 1.165) is 44.0 Å². The van der Waals surface area contributed by atoms with Gasteiger partial charge in [-0.15, -0.1) is 0 Å². The molecule has 0 radical (unpaired) electrons. The van der Waals surface area contributed by atoms with Gasteiger partial charge in [-0.1, -0.05) is 12.1 Å². The minimum absolute atomic E-state index is 0.661. The fourth-order valence-electron chi connectivity index (χ4n) is 2.72. The van der Waals surface area contributed by atoms with Crippen molar-refractivity contribution < 1.29 is 8.78 Å². The summed E-state index contributed by atoms with van der Waals surface area (Å²) in [7, 11) is 0. The highest BCUT2D eigenvalue weighted by atomic mass is 19.2. The molecule has 1 saturated heterocycles. The fraction of sp³-hybridized carbons (Fsp3) is 0.353. The molecule has 22 heavy (non-hydrogen) atoms. The van der Waals surface area contributed by atoms with Crippen LogP contribution in [0.5, 0.6) is 0 Å². The van der Waals surface area contributed by atoms with E-state index in [-0.39, 0.29) is 0 Å². The summed E-state index contributed by atoms with van der Waals surface area (Å²) < 4.78 is 26.2. The number of hydrogen-bond donors (Lipinski definition) is 0. The molecular weight excluding hydrogens is 284 g/mol. The van der Waals surface area contributed by atoms with Crippen molar-refractivity contribution in [1.82, 2.24) is 14.8 Å². The van der Waals surface area contributed by atoms with Crippen molar-refractivity contribution >= 4 is 0 Å². The fourth-order valence-corrected chi connectivity index (χ4v) is 2.72. The molecular formula is C17H19F2N3. The molecule has 1 aromatic heterocycles. The summed E-state index contributed by atoms with van der Waals surface area (Å²) in [5.41, 5.74) is 1.90. The lowest BCUT2D eigenvalue weighted by Crippen LogP contribution is -2.45. The van der Waals surface area contributed by atoms with Crippen LogP contribution in [0.1, 0.15) is 11.3 Å². The molecule has 0 amide bonds. The van der Waals surface area contributed by atoms with E-state index in [1.54, 1.807) is 6.07 Å². The Labute approximate surface area is 129 Å². The number of aromatic nitrogens is 1. The zero-order chi connectivity index (χ0) is 15.4. The Bertz CT molecular complexity index is 611. The molecule has 1 aliphatic heterocycles. The Morgan fingerprint density at radius 1 is 0.864 bits per heavy atom. The van der Waals surface area contributed by atoms with Crippen molar-refractivity contribution in [2.45, 2.75) is 13.1 Å². The maximum atomic E-state index is 13.2. The number of halogens is 2. The summed E-state index contributed by atoms with van der Waals surface area (Å²) >= 11 is 0. The van der Waals surface area contributed by atoms with Crippen LogP contribution in [0.3, 0.4) is 0 Å². The predicted octanol–water partition coefficient (Wildman–Crippen LogP) is 2.68. The van der Waals surface area contributed by atoms with Gasteiger partial charge in [0.1, 0.15) is 0 Å². The van der Waals surface area contributed by atoms with Crippen LogP contribution >= 0.6 is 0 Å². The van der Waals surface area contributed by atoms with Gasteiger partial charge in [0.25, 0.3) is 0 Å². The van der Waals surface area contributed by atoms with E-state index >= 15 is 0 Å². The average molecular weight is 303 g/mol. The third-order valence-electron chi connectivity index (χ3n) is 3.97. The van der Waals surface area contributed by atoms with Crippen molar-refractivity contribution in [3.8, 4) is 0 Å². The lowest BCUT2D eigenvalue weighted by atomic mass is 10.2. The first-order chi connectivity index (χ1) is 10.7. The summed E-state index contributed by atoms with van der Waals surface area (Å²) in [6, 6.07) is 10.1. The molecule has 116 valence electrons. The van der Waals surface area contributed by atoms with E-state index in [0.29, 0.717) is 6.54 Å². The highest BCUT2D eigenvalue weighted by Gasteiger charge is 2.17. The monoisotopic (exact) mass is 303 g/mol. The molecule has 1 fully saturated rings. The van der Waals surface area contributed by atoms with Gasteiger partial charge >= 0.3 is 0 Å². The molecule has 5 heteroatoms. The average Bonchev–Trinajstić information content (AvgIpc) is 2.54. The van der Waals surface area contributed by atoms with Gasteiger partial charge in [0.2, 0.25) is 0 Å². The van der Waals surface area contributed by atoms with Crippen molar-refractivity contribution in [1.29, 1.82) is 0 Å². The van der Waals surface area contributed by atoms with Gasteiger partial charge in [-0.2, -0.15) is 0 Å². The molecule has 2 heterocycles. The first kappa shape index (κ1) is 15.1. The number of benzene rings is 1. The Hall–Kier alpha value is -1.85. The zero-order valence-electron chi connectivity index (χ0n) is 12.4. The second-order valence-corrected chi connectivity index (χ2v) is 5.62. The molecule has 0 atom stereocenters. The smallest absolute Gasteiger partial charge is 0.159 e. The number of nitrogens with zero attached hydrogens (tertiary/aromatic N) is 3. The van der Waals surface area contributed by atoms with Gasteiger partial charge in [-0.05, 0) is 29.8 Å². The maximum absolute atomic E-state index is 13.2. The third-order valence-corrected chi connectivity index (χ3v) is 3.97. The second-order valence-electron chi connectivity index (χ2n) is 5.62. The van der Waals surface area contributed by atoms with Gasteiger partial charge < -0.3 is 0 Å². The Kier molecular flexibility index (Phi) is 4.75. The van der Waals surface area contributed by atoms with E-state index in [1.807, 2.05) is 24.4 Å². The second kappa shape index (κ2) is 6.94. The molecule has 1 aliphatic rings. The largest absolute Gasteiger partial charge is 0.297 e. The lowest BCUT2D eigenvalue weighted by molar-refractivity contribution is 0.121. The van der Waals surface area contributed by atoms with Gasteiger partial charge in [0.05, 0.1) is 5.69 Å². The number of pyridine rings is 1. The Morgan fingerprint density at radius 2 is 1.59 bits per heavy atom. The van der Waals surface area contributed by atoms with Crippen molar-refractivity contribution in [2.24, 2.45) is 0 Å². The predicted molar refractivity (Wildman–Crippen MR) is 81.1 cm³/mol. The van der Waals surface area contributed by atoms with Crippen molar-refractivity contribution in [3.63, 3.8) is 0 Å². The Balaban J connectivity index is 1.50. The first-order valence-corrected chi connectivity index (χ1v) is 7.49. The van der Waals surface area contributed by atoms with E-state index < -0.39 is 11.6 Å². The van der Waals surface area contributed by atoms with Gasteiger partial charge in [-0.3, -0.25) is 14.8 Å². The molecule has 1 aromatic carbocycles.